The van der Waals surface area contributed by atoms with Gasteiger partial charge in [-0.05, 0) is 83.8 Å². The van der Waals surface area contributed by atoms with Gasteiger partial charge in [0.05, 0.1) is 0 Å². The lowest BCUT2D eigenvalue weighted by Crippen LogP contribution is -2.02. The van der Waals surface area contributed by atoms with Crippen LogP contribution in [0.5, 0.6) is 0 Å². The van der Waals surface area contributed by atoms with Gasteiger partial charge in [-0.1, -0.05) is 194 Å². The largest absolute Gasteiger partial charge is 0.208 e. The van der Waals surface area contributed by atoms with Crippen LogP contribution in [0.15, 0.2) is 194 Å². The van der Waals surface area contributed by atoms with Crippen molar-refractivity contribution >= 4 is 0 Å². The van der Waals surface area contributed by atoms with Crippen LogP contribution in [0.4, 0.5) is 0 Å². The summed E-state index contributed by atoms with van der Waals surface area (Å²) in [5.41, 5.74) is 16.7. The Kier molecular flexibility index (Phi) is 10.8. The number of aryl methyl sites for hydroxylation is 4. The van der Waals surface area contributed by atoms with Gasteiger partial charge in [0.25, 0.3) is 0 Å². The van der Waals surface area contributed by atoms with Crippen molar-refractivity contribution in [3.05, 3.63) is 216 Å². The van der Waals surface area contributed by atoms with Crippen molar-refractivity contribution in [1.29, 1.82) is 0 Å². The molecule has 0 aliphatic heterocycles. The maximum absolute atomic E-state index is 5.17. The lowest BCUT2D eigenvalue weighted by atomic mass is 9.84. The fourth-order valence-corrected chi connectivity index (χ4v) is 8.46. The van der Waals surface area contributed by atoms with Crippen LogP contribution in [-0.4, -0.2) is 29.9 Å². The second kappa shape index (κ2) is 17.3. The van der Waals surface area contributed by atoms with Gasteiger partial charge in [0, 0.05) is 33.4 Å². The van der Waals surface area contributed by atoms with Gasteiger partial charge in [-0.25, -0.2) is 29.9 Å². The van der Waals surface area contributed by atoms with E-state index in [1.807, 2.05) is 84.9 Å². The average Bonchev–Trinajstić information content (AvgIpc) is 3.34. The molecular weight excluding hydrogens is 781 g/mol. The molecule has 2 aromatic heterocycles. The third-order valence-electron chi connectivity index (χ3n) is 11.7. The molecule has 6 nitrogen and oxygen atoms in total. The van der Waals surface area contributed by atoms with E-state index in [1.165, 1.54) is 11.1 Å². The number of nitrogens with zero attached hydrogens (tertiary/aromatic N) is 6. The minimum Gasteiger partial charge on any atom is -0.208 e. The standard InChI is InChI=1S/C58H44N6/c1-37-33-34-45(40(4)35-37)52-48(43-25-17-26-44(36-43)55-62-56(46-27-13-11-19-38(46)2)64-57(63-55)47-28-14-12-20-39(47)3)31-18-32-50(52)49-29-15-16-30-51(49)58-60-53(41-21-7-5-8-22-41)59-54(61-58)42-23-9-6-10-24-42/h5-36H,1-4H3. The highest BCUT2D eigenvalue weighted by Gasteiger charge is 2.22. The zero-order valence-corrected chi connectivity index (χ0v) is 36.2. The minimum atomic E-state index is 0.603. The van der Waals surface area contributed by atoms with E-state index in [2.05, 4.69) is 137 Å². The molecule has 0 N–H and O–H groups in total. The summed E-state index contributed by atoms with van der Waals surface area (Å²) in [5, 5.41) is 0. The molecule has 0 amide bonds. The molecule has 0 atom stereocenters. The Morgan fingerprint density at radius 2 is 0.641 bits per heavy atom. The monoisotopic (exact) mass is 824 g/mol. The molecule has 306 valence electrons. The van der Waals surface area contributed by atoms with Crippen LogP contribution in [0.2, 0.25) is 0 Å². The molecule has 0 radical (unpaired) electrons. The van der Waals surface area contributed by atoms with E-state index in [1.54, 1.807) is 0 Å². The number of rotatable bonds is 9. The molecule has 8 aromatic carbocycles. The highest BCUT2D eigenvalue weighted by atomic mass is 15.0. The Hall–Kier alpha value is -8.22. The van der Waals surface area contributed by atoms with E-state index in [0.29, 0.717) is 34.9 Å². The van der Waals surface area contributed by atoms with Crippen molar-refractivity contribution in [2.24, 2.45) is 0 Å². The van der Waals surface area contributed by atoms with E-state index < -0.39 is 0 Å². The molecule has 0 fully saturated rings. The first-order valence-electron chi connectivity index (χ1n) is 21.5. The molecule has 0 bridgehead atoms. The molecule has 0 saturated heterocycles. The first kappa shape index (κ1) is 39.9. The van der Waals surface area contributed by atoms with Crippen molar-refractivity contribution < 1.29 is 0 Å². The minimum absolute atomic E-state index is 0.603. The fourth-order valence-electron chi connectivity index (χ4n) is 8.46. The lowest BCUT2D eigenvalue weighted by Gasteiger charge is -2.20. The molecule has 10 rings (SSSR count). The van der Waals surface area contributed by atoms with Gasteiger partial charge < -0.3 is 0 Å². The summed E-state index contributed by atoms with van der Waals surface area (Å²) in [6.45, 7) is 8.53. The highest BCUT2D eigenvalue weighted by molar-refractivity contribution is 5.99. The van der Waals surface area contributed by atoms with Gasteiger partial charge in [0.2, 0.25) is 0 Å². The Bertz CT molecular complexity index is 3200. The molecular formula is C58H44N6. The summed E-state index contributed by atoms with van der Waals surface area (Å²) in [5.74, 6) is 3.74. The van der Waals surface area contributed by atoms with Crippen LogP contribution >= 0.6 is 0 Å². The maximum atomic E-state index is 5.17. The van der Waals surface area contributed by atoms with Gasteiger partial charge in [-0.2, -0.15) is 0 Å². The van der Waals surface area contributed by atoms with Crippen molar-refractivity contribution in [2.45, 2.75) is 27.7 Å². The third kappa shape index (κ3) is 7.89. The first-order valence-corrected chi connectivity index (χ1v) is 21.5. The third-order valence-corrected chi connectivity index (χ3v) is 11.7. The Morgan fingerprint density at radius 1 is 0.234 bits per heavy atom. The molecule has 6 heteroatoms. The normalized spacial score (nSPS) is 11.1. The summed E-state index contributed by atoms with van der Waals surface area (Å²) in [6, 6.07) is 67.0. The van der Waals surface area contributed by atoms with Crippen molar-refractivity contribution in [3.63, 3.8) is 0 Å². The summed E-state index contributed by atoms with van der Waals surface area (Å²) < 4.78 is 0. The second-order valence-corrected chi connectivity index (χ2v) is 16.1. The molecule has 0 saturated carbocycles. The summed E-state index contributed by atoms with van der Waals surface area (Å²) in [6.07, 6.45) is 0. The number of hydrogen-bond acceptors (Lipinski definition) is 6. The van der Waals surface area contributed by atoms with Crippen LogP contribution in [0.1, 0.15) is 22.3 Å². The quantitative estimate of drug-likeness (QED) is 0.144. The summed E-state index contributed by atoms with van der Waals surface area (Å²) >= 11 is 0. The van der Waals surface area contributed by atoms with Crippen LogP contribution in [0, 0.1) is 27.7 Å². The zero-order valence-electron chi connectivity index (χ0n) is 36.2. The molecule has 64 heavy (non-hydrogen) atoms. The Labute approximate surface area is 374 Å². The van der Waals surface area contributed by atoms with Crippen LogP contribution in [-0.2, 0) is 0 Å². The summed E-state index contributed by atoms with van der Waals surface area (Å²) in [7, 11) is 0. The number of aromatic nitrogens is 6. The van der Waals surface area contributed by atoms with Gasteiger partial charge in [-0.15, -0.1) is 0 Å². The van der Waals surface area contributed by atoms with E-state index in [4.69, 9.17) is 29.9 Å². The summed E-state index contributed by atoms with van der Waals surface area (Å²) in [4.78, 5) is 30.7. The van der Waals surface area contributed by atoms with Gasteiger partial charge >= 0.3 is 0 Å². The predicted octanol–water partition coefficient (Wildman–Crippen LogP) is 14.3. The molecule has 0 spiro atoms. The maximum Gasteiger partial charge on any atom is 0.164 e. The zero-order chi connectivity index (χ0) is 43.6. The molecule has 0 unspecified atom stereocenters. The van der Waals surface area contributed by atoms with Crippen LogP contribution < -0.4 is 0 Å². The topological polar surface area (TPSA) is 77.3 Å². The Morgan fingerprint density at radius 3 is 1.22 bits per heavy atom. The fraction of sp³-hybridized carbons (Fsp3) is 0.0690. The van der Waals surface area contributed by atoms with Crippen LogP contribution in [0.25, 0.3) is 102 Å². The van der Waals surface area contributed by atoms with Crippen molar-refractivity contribution in [1.82, 2.24) is 29.9 Å². The number of hydrogen-bond donors (Lipinski definition) is 0. The van der Waals surface area contributed by atoms with E-state index in [9.17, 15) is 0 Å². The molecule has 0 aliphatic rings. The lowest BCUT2D eigenvalue weighted by molar-refractivity contribution is 1.07. The predicted molar refractivity (Wildman–Crippen MR) is 261 cm³/mol. The Balaban J connectivity index is 1.17. The van der Waals surface area contributed by atoms with E-state index >= 15 is 0 Å². The van der Waals surface area contributed by atoms with E-state index in [0.717, 1.165) is 77.9 Å². The first-order chi connectivity index (χ1) is 31.4. The van der Waals surface area contributed by atoms with Gasteiger partial charge in [0.1, 0.15) is 0 Å². The SMILES string of the molecule is Cc1ccc(-c2c(-c3cccc(-c4nc(-c5ccccc5C)nc(-c5ccccc5C)n4)c3)cccc2-c2ccccc2-c2nc(-c3ccccc3)nc(-c3ccccc3)n2)c(C)c1. The molecule has 2 heterocycles. The van der Waals surface area contributed by atoms with Crippen molar-refractivity contribution in [3.8, 4) is 102 Å². The van der Waals surface area contributed by atoms with Gasteiger partial charge in [0.15, 0.2) is 34.9 Å². The van der Waals surface area contributed by atoms with E-state index in [-0.39, 0.29) is 0 Å². The van der Waals surface area contributed by atoms with Gasteiger partial charge in [-0.3, -0.25) is 0 Å². The highest BCUT2D eigenvalue weighted by Crippen LogP contribution is 2.45. The van der Waals surface area contributed by atoms with Crippen LogP contribution in [0.3, 0.4) is 0 Å². The molecule has 0 aliphatic carbocycles. The smallest absolute Gasteiger partial charge is 0.164 e. The van der Waals surface area contributed by atoms with Crippen molar-refractivity contribution in [2.75, 3.05) is 0 Å². The second-order valence-electron chi connectivity index (χ2n) is 16.1. The molecule has 10 aromatic rings. The average molecular weight is 825 g/mol. The number of benzene rings is 8.